The minimum Gasteiger partial charge on any atom is -0.384 e. The van der Waals surface area contributed by atoms with Crippen LogP contribution >= 0.6 is 11.8 Å². The summed E-state index contributed by atoms with van der Waals surface area (Å²) in [6.07, 6.45) is 3.64. The van der Waals surface area contributed by atoms with Crippen molar-refractivity contribution in [3.05, 3.63) is 47.5 Å². The van der Waals surface area contributed by atoms with Crippen molar-refractivity contribution in [1.29, 1.82) is 5.41 Å². The van der Waals surface area contributed by atoms with Gasteiger partial charge in [-0.05, 0) is 31.4 Å². The molecule has 6 nitrogen and oxygen atoms in total. The number of hydrogen-bond donors (Lipinski definition) is 2. The average molecular weight is 488 g/mol. The molecule has 2 heterocycles. The number of nitrogens with one attached hydrogen (secondary N) is 1. The van der Waals surface area contributed by atoms with Gasteiger partial charge in [0, 0.05) is 56.4 Å². The molecule has 0 bridgehead atoms. The maximum absolute atomic E-state index is 6.92. The number of aromatic nitrogens is 1. The number of ether oxygens (including phenoxy) is 1. The first-order valence-electron chi connectivity index (χ1n) is 12.6. The molecule has 0 radical (unpaired) electrons. The highest BCUT2D eigenvalue weighted by Gasteiger charge is 2.11. The average Bonchev–Trinajstić information content (AvgIpc) is 2.86. The van der Waals surface area contributed by atoms with Gasteiger partial charge < -0.3 is 20.8 Å². The lowest BCUT2D eigenvalue weighted by Crippen LogP contribution is -2.37. The number of rotatable bonds is 10. The van der Waals surface area contributed by atoms with Gasteiger partial charge >= 0.3 is 0 Å². The van der Waals surface area contributed by atoms with Gasteiger partial charge in [-0.3, -0.25) is 4.90 Å². The second-order valence-electron chi connectivity index (χ2n) is 7.94. The normalized spacial score (nSPS) is 13.2. The third kappa shape index (κ3) is 11.9. The summed E-state index contributed by atoms with van der Waals surface area (Å²) in [7, 11) is 0. The summed E-state index contributed by atoms with van der Waals surface area (Å²) in [6.45, 7) is 17.4. The number of thioether (sulfide) groups is 1. The van der Waals surface area contributed by atoms with Crippen LogP contribution in [0.15, 0.2) is 41.4 Å². The van der Waals surface area contributed by atoms with Crippen LogP contribution in [0.4, 0.5) is 11.5 Å². The van der Waals surface area contributed by atoms with E-state index in [1.165, 1.54) is 17.5 Å². The number of nitrogens with zero attached hydrogens (tertiary/aromatic N) is 3. The molecular formula is C27H45N5OS. The van der Waals surface area contributed by atoms with Crippen molar-refractivity contribution < 1.29 is 4.74 Å². The van der Waals surface area contributed by atoms with Crippen molar-refractivity contribution in [2.75, 3.05) is 62.3 Å². The van der Waals surface area contributed by atoms with Crippen LogP contribution in [0.5, 0.6) is 0 Å². The Hall–Kier alpha value is -2.09. The van der Waals surface area contributed by atoms with Gasteiger partial charge in [-0.2, -0.15) is 0 Å². The molecule has 1 fully saturated rings. The van der Waals surface area contributed by atoms with Gasteiger partial charge in [0.1, 0.15) is 10.8 Å². The van der Waals surface area contributed by atoms with E-state index in [-0.39, 0.29) is 0 Å². The predicted molar refractivity (Wildman–Crippen MR) is 150 cm³/mol. The molecule has 1 aliphatic rings. The monoisotopic (exact) mass is 487 g/mol. The van der Waals surface area contributed by atoms with E-state index in [1.54, 1.807) is 11.8 Å². The highest BCUT2D eigenvalue weighted by atomic mass is 32.2. The lowest BCUT2D eigenvalue weighted by Gasteiger charge is -2.26. The first kappa shape index (κ1) is 29.9. The quantitative estimate of drug-likeness (QED) is 0.329. The fraction of sp³-hybridized carbons (Fsp3) is 0.556. The minimum absolute atomic E-state index is 0.619. The van der Waals surface area contributed by atoms with Crippen LogP contribution in [-0.4, -0.2) is 67.8 Å². The zero-order valence-corrected chi connectivity index (χ0v) is 22.7. The van der Waals surface area contributed by atoms with Gasteiger partial charge in [0.2, 0.25) is 0 Å². The van der Waals surface area contributed by atoms with E-state index in [2.05, 4.69) is 34.7 Å². The summed E-state index contributed by atoms with van der Waals surface area (Å²) in [6, 6.07) is 12.1. The van der Waals surface area contributed by atoms with Gasteiger partial charge in [0.25, 0.3) is 0 Å². The minimum atomic E-state index is 0.619. The van der Waals surface area contributed by atoms with Crippen LogP contribution < -0.4 is 10.6 Å². The Balaban J connectivity index is 0.000000437. The Kier molecular flexibility index (Phi) is 16.1. The standard InChI is InChI=1S/C17H30N4OS.C8H9N.C2H6/c1-3-5-21(6-4-2)15-13-16(18)19-17(14-15)23-12-9-20-7-10-22-11-8-20;1-7-3-2-4-8(5-7)6-9;1-2/h13-14H,3-12H2,1-2H3,(H2,18,19);2-6,9H,1H3;1-2H3. The molecular weight excluding hydrogens is 442 g/mol. The van der Waals surface area contributed by atoms with Crippen molar-refractivity contribution >= 4 is 29.5 Å². The maximum Gasteiger partial charge on any atom is 0.126 e. The zero-order valence-electron chi connectivity index (χ0n) is 21.8. The van der Waals surface area contributed by atoms with Crippen LogP contribution in [-0.2, 0) is 4.74 Å². The molecule has 0 amide bonds. The summed E-state index contributed by atoms with van der Waals surface area (Å²) in [5.74, 6) is 1.66. The lowest BCUT2D eigenvalue weighted by molar-refractivity contribution is 0.0410. The fourth-order valence-electron chi connectivity index (χ4n) is 3.54. The third-order valence-electron chi connectivity index (χ3n) is 5.13. The van der Waals surface area contributed by atoms with Gasteiger partial charge in [-0.15, -0.1) is 11.8 Å². The predicted octanol–water partition coefficient (Wildman–Crippen LogP) is 5.73. The fourth-order valence-corrected chi connectivity index (χ4v) is 4.47. The molecule has 3 N–H and O–H groups in total. The van der Waals surface area contributed by atoms with Crippen LogP contribution in [0.3, 0.4) is 0 Å². The highest BCUT2D eigenvalue weighted by molar-refractivity contribution is 7.99. The number of nitrogen functional groups attached to an aromatic ring is 1. The summed E-state index contributed by atoms with van der Waals surface area (Å²) >= 11 is 1.80. The topological polar surface area (TPSA) is 78.5 Å². The van der Waals surface area contributed by atoms with E-state index in [4.69, 9.17) is 15.9 Å². The number of nitrogens with two attached hydrogens (primary N) is 1. The third-order valence-corrected chi connectivity index (χ3v) is 6.02. The molecule has 34 heavy (non-hydrogen) atoms. The molecule has 2 aromatic rings. The number of benzene rings is 1. The van der Waals surface area contributed by atoms with Crippen LogP contribution in [0, 0.1) is 12.3 Å². The molecule has 3 rings (SSSR count). The molecule has 0 aliphatic carbocycles. The Morgan fingerprint density at radius 1 is 1.12 bits per heavy atom. The maximum atomic E-state index is 6.92. The molecule has 1 aliphatic heterocycles. The van der Waals surface area contributed by atoms with E-state index >= 15 is 0 Å². The molecule has 0 atom stereocenters. The number of anilines is 2. The highest BCUT2D eigenvalue weighted by Crippen LogP contribution is 2.25. The SMILES string of the molecule is CC.CCCN(CCC)c1cc(N)nc(SCCN2CCOCC2)c1.Cc1cccc(C=N)c1. The number of aryl methyl sites for hydroxylation is 1. The summed E-state index contributed by atoms with van der Waals surface area (Å²) < 4.78 is 5.39. The summed E-state index contributed by atoms with van der Waals surface area (Å²) in [5, 5.41) is 7.95. The number of morpholine rings is 1. The summed E-state index contributed by atoms with van der Waals surface area (Å²) in [5.41, 5.74) is 9.40. The van der Waals surface area contributed by atoms with Crippen molar-refractivity contribution in [1.82, 2.24) is 9.88 Å². The molecule has 0 spiro atoms. The second kappa shape index (κ2) is 18.3. The largest absolute Gasteiger partial charge is 0.384 e. The Bertz CT molecular complexity index is 805. The number of pyridine rings is 1. The van der Waals surface area contributed by atoms with Gasteiger partial charge in [0.15, 0.2) is 0 Å². The van der Waals surface area contributed by atoms with E-state index in [9.17, 15) is 0 Å². The smallest absolute Gasteiger partial charge is 0.126 e. The zero-order chi connectivity index (χ0) is 25.2. The van der Waals surface area contributed by atoms with Crippen molar-refractivity contribution in [2.45, 2.75) is 52.5 Å². The number of hydrogen-bond acceptors (Lipinski definition) is 7. The van der Waals surface area contributed by atoms with E-state index in [0.29, 0.717) is 5.82 Å². The molecule has 1 aromatic carbocycles. The van der Waals surface area contributed by atoms with Crippen LogP contribution in [0.1, 0.15) is 51.7 Å². The van der Waals surface area contributed by atoms with Crippen LogP contribution in [0.2, 0.25) is 0 Å². The van der Waals surface area contributed by atoms with Gasteiger partial charge in [0.05, 0.1) is 13.2 Å². The molecule has 0 unspecified atom stereocenters. The molecule has 0 saturated carbocycles. The van der Waals surface area contributed by atoms with E-state index < -0.39 is 0 Å². The van der Waals surface area contributed by atoms with Crippen LogP contribution in [0.25, 0.3) is 0 Å². The summed E-state index contributed by atoms with van der Waals surface area (Å²) in [4.78, 5) is 9.35. The molecule has 7 heteroatoms. The Morgan fingerprint density at radius 2 is 1.79 bits per heavy atom. The lowest BCUT2D eigenvalue weighted by atomic mass is 10.2. The van der Waals surface area contributed by atoms with E-state index in [0.717, 1.165) is 75.1 Å². The Morgan fingerprint density at radius 3 is 2.35 bits per heavy atom. The van der Waals surface area contributed by atoms with Gasteiger partial charge in [-0.25, -0.2) is 4.98 Å². The first-order chi connectivity index (χ1) is 16.5. The Labute approximate surface area is 211 Å². The second-order valence-corrected chi connectivity index (χ2v) is 9.05. The van der Waals surface area contributed by atoms with Crippen molar-refractivity contribution in [2.24, 2.45) is 0 Å². The van der Waals surface area contributed by atoms with Gasteiger partial charge in [-0.1, -0.05) is 57.5 Å². The molecule has 1 aromatic heterocycles. The van der Waals surface area contributed by atoms with E-state index in [1.807, 2.05) is 51.1 Å². The van der Waals surface area contributed by atoms with Crippen molar-refractivity contribution in [3.8, 4) is 0 Å². The first-order valence-corrected chi connectivity index (χ1v) is 13.6. The molecule has 190 valence electrons. The molecule has 1 saturated heterocycles. The van der Waals surface area contributed by atoms with Crippen molar-refractivity contribution in [3.63, 3.8) is 0 Å².